The Labute approximate surface area is 162 Å². The van der Waals surface area contributed by atoms with Crippen molar-refractivity contribution in [2.75, 3.05) is 91.6 Å². The molecule has 1 rings (SSSR count). The maximum absolute atomic E-state index is 12.5. The van der Waals surface area contributed by atoms with E-state index in [0.29, 0.717) is 32.7 Å². The van der Waals surface area contributed by atoms with E-state index in [1.54, 1.807) is 0 Å². The molecule has 0 aliphatic carbocycles. The van der Waals surface area contributed by atoms with Crippen LogP contribution in [0, 0.1) is 22.7 Å². The second kappa shape index (κ2) is 15.1. The highest BCUT2D eigenvalue weighted by Crippen LogP contribution is 2.07. The van der Waals surface area contributed by atoms with E-state index in [1.165, 1.54) is 0 Å². The van der Waals surface area contributed by atoms with E-state index >= 15 is 0 Å². The number of nitrogens with two attached hydrogens (primary N) is 1. The zero-order valence-corrected chi connectivity index (χ0v) is 16.1. The predicted molar refractivity (Wildman–Crippen MR) is 104 cm³/mol. The van der Waals surface area contributed by atoms with Gasteiger partial charge >= 0.3 is 6.03 Å². The minimum absolute atomic E-state index is 0.0923. The summed E-state index contributed by atoms with van der Waals surface area (Å²) in [5, 5.41) is 26.3. The van der Waals surface area contributed by atoms with Gasteiger partial charge in [0, 0.05) is 78.5 Å². The first-order valence-electron chi connectivity index (χ1n) is 9.55. The van der Waals surface area contributed by atoms with E-state index in [1.807, 2.05) is 15.9 Å². The van der Waals surface area contributed by atoms with Crippen LogP contribution in [0.2, 0.25) is 0 Å². The Morgan fingerprint density at radius 3 is 2.19 bits per heavy atom. The highest BCUT2D eigenvalue weighted by Gasteiger charge is 2.27. The molecule has 10 nitrogen and oxygen atoms in total. The van der Waals surface area contributed by atoms with E-state index in [-0.39, 0.29) is 6.03 Å². The lowest BCUT2D eigenvalue weighted by Crippen LogP contribution is -2.42. The number of urea groups is 1. The predicted octanol–water partition coefficient (Wildman–Crippen LogP) is -2.20. The minimum Gasteiger partial charge on any atom is -0.329 e. The van der Waals surface area contributed by atoms with Crippen LogP contribution in [0.1, 0.15) is 0 Å². The van der Waals surface area contributed by atoms with Crippen LogP contribution in [-0.4, -0.2) is 112 Å². The van der Waals surface area contributed by atoms with Crippen molar-refractivity contribution in [3.63, 3.8) is 0 Å². The van der Waals surface area contributed by atoms with E-state index in [0.717, 1.165) is 58.9 Å². The minimum atomic E-state index is 0.0923. The molecule has 0 saturated carbocycles. The number of carbonyl (C=O) groups excluding carboxylic acids is 1. The molecule has 0 radical (unpaired) electrons. The molecular formula is C17H33N9O. The molecule has 1 heterocycles. The fourth-order valence-electron chi connectivity index (χ4n) is 2.87. The van der Waals surface area contributed by atoms with Crippen molar-refractivity contribution in [1.29, 1.82) is 10.5 Å². The highest BCUT2D eigenvalue weighted by molar-refractivity contribution is 5.76. The maximum atomic E-state index is 12.5. The summed E-state index contributed by atoms with van der Waals surface area (Å²) in [7, 11) is 0. The van der Waals surface area contributed by atoms with E-state index < -0.39 is 0 Å². The second-order valence-corrected chi connectivity index (χ2v) is 6.31. The molecule has 152 valence electrons. The van der Waals surface area contributed by atoms with Crippen LogP contribution in [0.5, 0.6) is 0 Å². The summed E-state index contributed by atoms with van der Waals surface area (Å²) < 4.78 is 0. The van der Waals surface area contributed by atoms with Gasteiger partial charge in [-0.05, 0) is 0 Å². The number of hydrogen-bond donors (Lipinski definition) is 4. The van der Waals surface area contributed by atoms with Gasteiger partial charge in [0.1, 0.15) is 0 Å². The standard InChI is InChI=1S/C17H33N9O/c18-1-4-21-6-7-23-9-12-25-15-16-26(17(25)27)14-13-24(10-3-20)11-8-22-5-2-19/h21-23H,3-16,20H2. The molecule has 1 fully saturated rings. The number of hydrogen-bond acceptors (Lipinski definition) is 8. The molecule has 0 unspecified atom stereocenters. The molecular weight excluding hydrogens is 346 g/mol. The van der Waals surface area contributed by atoms with Crippen LogP contribution in [0.3, 0.4) is 0 Å². The third kappa shape index (κ3) is 10.1. The smallest absolute Gasteiger partial charge is 0.320 e. The van der Waals surface area contributed by atoms with Gasteiger partial charge < -0.3 is 31.5 Å². The largest absolute Gasteiger partial charge is 0.329 e. The Kier molecular flexibility index (Phi) is 12.9. The monoisotopic (exact) mass is 379 g/mol. The molecule has 0 bridgehead atoms. The normalized spacial score (nSPS) is 14.0. The zero-order chi connectivity index (χ0) is 19.7. The number of nitrogens with zero attached hydrogens (tertiary/aromatic N) is 5. The zero-order valence-electron chi connectivity index (χ0n) is 16.1. The first kappa shape index (κ1) is 23.1. The van der Waals surface area contributed by atoms with E-state index in [2.05, 4.69) is 26.9 Å². The lowest BCUT2D eigenvalue weighted by molar-refractivity contribution is 0.183. The van der Waals surface area contributed by atoms with Gasteiger partial charge in [0.05, 0.1) is 25.2 Å². The van der Waals surface area contributed by atoms with Crippen molar-refractivity contribution in [3.05, 3.63) is 0 Å². The number of nitriles is 2. The molecule has 5 N–H and O–H groups in total. The van der Waals surface area contributed by atoms with Crippen molar-refractivity contribution in [2.24, 2.45) is 5.73 Å². The number of amides is 2. The fraction of sp³-hybridized carbons (Fsp3) is 0.824. The van der Waals surface area contributed by atoms with Crippen LogP contribution in [0.4, 0.5) is 4.79 Å². The molecule has 1 aliphatic rings. The number of nitrogens with one attached hydrogen (secondary N) is 3. The van der Waals surface area contributed by atoms with Crippen LogP contribution in [0.25, 0.3) is 0 Å². The molecule has 10 heteroatoms. The van der Waals surface area contributed by atoms with Crippen LogP contribution in [0.15, 0.2) is 0 Å². The first-order chi connectivity index (χ1) is 13.2. The molecule has 2 amide bonds. The Balaban J connectivity index is 2.19. The number of rotatable bonds is 16. The molecule has 0 aromatic carbocycles. The Hall–Kier alpha value is -1.95. The third-order valence-corrected chi connectivity index (χ3v) is 4.36. The summed E-state index contributed by atoms with van der Waals surface area (Å²) in [5.74, 6) is 0. The average Bonchev–Trinajstić information content (AvgIpc) is 3.02. The van der Waals surface area contributed by atoms with Crippen molar-refractivity contribution in [3.8, 4) is 12.1 Å². The lowest BCUT2D eigenvalue weighted by Gasteiger charge is -2.25. The number of carbonyl (C=O) groups is 1. The van der Waals surface area contributed by atoms with Crippen molar-refractivity contribution in [1.82, 2.24) is 30.7 Å². The van der Waals surface area contributed by atoms with Crippen molar-refractivity contribution < 1.29 is 4.79 Å². The Morgan fingerprint density at radius 2 is 1.52 bits per heavy atom. The molecule has 1 aliphatic heterocycles. The molecule has 0 aromatic heterocycles. The van der Waals surface area contributed by atoms with Gasteiger partial charge in [0.25, 0.3) is 0 Å². The van der Waals surface area contributed by atoms with Gasteiger partial charge in [0.15, 0.2) is 0 Å². The molecule has 27 heavy (non-hydrogen) atoms. The highest BCUT2D eigenvalue weighted by atomic mass is 16.2. The summed E-state index contributed by atoms with van der Waals surface area (Å²) in [6.07, 6.45) is 0. The Bertz CT molecular complexity index is 488. The van der Waals surface area contributed by atoms with Crippen LogP contribution < -0.4 is 21.7 Å². The third-order valence-electron chi connectivity index (χ3n) is 4.36. The van der Waals surface area contributed by atoms with Crippen LogP contribution >= 0.6 is 0 Å². The van der Waals surface area contributed by atoms with Crippen molar-refractivity contribution >= 4 is 6.03 Å². The quantitative estimate of drug-likeness (QED) is 0.175. The first-order valence-corrected chi connectivity index (χ1v) is 9.55. The van der Waals surface area contributed by atoms with Gasteiger partial charge in [0.2, 0.25) is 0 Å². The van der Waals surface area contributed by atoms with Gasteiger partial charge in [-0.2, -0.15) is 10.5 Å². The van der Waals surface area contributed by atoms with Crippen molar-refractivity contribution in [2.45, 2.75) is 0 Å². The van der Waals surface area contributed by atoms with E-state index in [9.17, 15) is 4.79 Å². The average molecular weight is 380 g/mol. The SMILES string of the molecule is N#CCNCCNCCN1CCN(CCN(CCN)CCNCC#N)C1=O. The maximum Gasteiger partial charge on any atom is 0.320 e. The summed E-state index contributed by atoms with van der Waals surface area (Å²) in [4.78, 5) is 18.4. The summed E-state index contributed by atoms with van der Waals surface area (Å²) >= 11 is 0. The van der Waals surface area contributed by atoms with E-state index in [4.69, 9.17) is 16.3 Å². The van der Waals surface area contributed by atoms with Gasteiger partial charge in [-0.1, -0.05) is 0 Å². The molecule has 0 spiro atoms. The van der Waals surface area contributed by atoms with Gasteiger partial charge in [-0.3, -0.25) is 4.90 Å². The van der Waals surface area contributed by atoms with Crippen LogP contribution in [-0.2, 0) is 0 Å². The van der Waals surface area contributed by atoms with Gasteiger partial charge in [-0.25, -0.2) is 4.79 Å². The fourth-order valence-corrected chi connectivity index (χ4v) is 2.87. The molecule has 1 saturated heterocycles. The summed E-state index contributed by atoms with van der Waals surface area (Å²) in [5.41, 5.74) is 5.67. The summed E-state index contributed by atoms with van der Waals surface area (Å²) in [6, 6.07) is 4.19. The Morgan fingerprint density at radius 1 is 0.889 bits per heavy atom. The second-order valence-electron chi connectivity index (χ2n) is 6.31. The topological polar surface area (TPSA) is 136 Å². The van der Waals surface area contributed by atoms with Gasteiger partial charge in [-0.15, -0.1) is 0 Å². The molecule has 0 aromatic rings. The molecule has 0 atom stereocenters. The lowest BCUT2D eigenvalue weighted by atomic mass is 10.4. The summed E-state index contributed by atoms with van der Waals surface area (Å²) in [6.45, 7) is 9.57.